The third-order valence-corrected chi connectivity index (χ3v) is 3.29. The van der Waals surface area contributed by atoms with Crippen LogP contribution in [-0.4, -0.2) is 62.8 Å². The van der Waals surface area contributed by atoms with Gasteiger partial charge in [0.15, 0.2) is 0 Å². The SMILES string of the molecule is CC(C)CN(C)CCOCCN1CCCCC1. The predicted octanol–water partition coefficient (Wildman–Crippen LogP) is 2.08. The number of rotatable bonds is 8. The van der Waals surface area contributed by atoms with Crippen molar-refractivity contribution in [3.8, 4) is 0 Å². The van der Waals surface area contributed by atoms with E-state index in [2.05, 4.69) is 30.7 Å². The summed E-state index contributed by atoms with van der Waals surface area (Å²) in [7, 11) is 2.17. The summed E-state index contributed by atoms with van der Waals surface area (Å²) in [5.41, 5.74) is 0. The van der Waals surface area contributed by atoms with Gasteiger partial charge in [0.25, 0.3) is 0 Å². The summed E-state index contributed by atoms with van der Waals surface area (Å²) in [5, 5.41) is 0. The topological polar surface area (TPSA) is 15.7 Å². The molecule has 1 heterocycles. The molecule has 0 aromatic heterocycles. The average molecular weight is 242 g/mol. The lowest BCUT2D eigenvalue weighted by atomic mass is 10.1. The predicted molar refractivity (Wildman–Crippen MR) is 73.4 cm³/mol. The monoisotopic (exact) mass is 242 g/mol. The molecule has 0 saturated carbocycles. The van der Waals surface area contributed by atoms with Crippen LogP contribution in [0.25, 0.3) is 0 Å². The second kappa shape index (κ2) is 8.90. The van der Waals surface area contributed by atoms with Crippen LogP contribution in [0.15, 0.2) is 0 Å². The van der Waals surface area contributed by atoms with Gasteiger partial charge in [-0.3, -0.25) is 0 Å². The van der Waals surface area contributed by atoms with Gasteiger partial charge in [-0.25, -0.2) is 0 Å². The summed E-state index contributed by atoms with van der Waals surface area (Å²) >= 11 is 0. The molecule has 17 heavy (non-hydrogen) atoms. The maximum atomic E-state index is 5.71. The molecule has 102 valence electrons. The number of hydrogen-bond donors (Lipinski definition) is 0. The van der Waals surface area contributed by atoms with Crippen LogP contribution in [0.1, 0.15) is 33.1 Å². The number of piperidine rings is 1. The molecule has 1 rings (SSSR count). The van der Waals surface area contributed by atoms with Crippen molar-refractivity contribution in [2.24, 2.45) is 5.92 Å². The number of likely N-dealkylation sites (tertiary alicyclic amines) is 1. The van der Waals surface area contributed by atoms with Gasteiger partial charge in [0.1, 0.15) is 0 Å². The molecule has 0 aromatic rings. The van der Waals surface area contributed by atoms with E-state index in [1.807, 2.05) is 0 Å². The fourth-order valence-electron chi connectivity index (χ4n) is 2.41. The van der Waals surface area contributed by atoms with Gasteiger partial charge in [0.05, 0.1) is 13.2 Å². The van der Waals surface area contributed by atoms with E-state index in [-0.39, 0.29) is 0 Å². The van der Waals surface area contributed by atoms with Crippen LogP contribution in [-0.2, 0) is 4.74 Å². The van der Waals surface area contributed by atoms with Crippen molar-refractivity contribution in [3.05, 3.63) is 0 Å². The number of hydrogen-bond acceptors (Lipinski definition) is 3. The van der Waals surface area contributed by atoms with Gasteiger partial charge in [-0.15, -0.1) is 0 Å². The molecule has 0 unspecified atom stereocenters. The zero-order valence-corrected chi connectivity index (χ0v) is 12.0. The second-order valence-electron chi connectivity index (χ2n) is 5.67. The Hall–Kier alpha value is -0.120. The van der Waals surface area contributed by atoms with Crippen molar-refractivity contribution in [1.82, 2.24) is 9.80 Å². The van der Waals surface area contributed by atoms with Crippen LogP contribution in [0, 0.1) is 5.92 Å². The van der Waals surface area contributed by atoms with E-state index < -0.39 is 0 Å². The molecule has 0 radical (unpaired) electrons. The highest BCUT2D eigenvalue weighted by molar-refractivity contribution is 4.63. The van der Waals surface area contributed by atoms with Crippen molar-refractivity contribution in [2.45, 2.75) is 33.1 Å². The van der Waals surface area contributed by atoms with Crippen molar-refractivity contribution in [3.63, 3.8) is 0 Å². The molecule has 3 nitrogen and oxygen atoms in total. The van der Waals surface area contributed by atoms with Crippen molar-refractivity contribution < 1.29 is 4.74 Å². The Kier molecular flexibility index (Phi) is 7.82. The normalized spacial score (nSPS) is 18.2. The van der Waals surface area contributed by atoms with Gasteiger partial charge < -0.3 is 14.5 Å². The standard InChI is InChI=1S/C14H30N2O/c1-14(2)13-15(3)9-11-17-12-10-16-7-5-4-6-8-16/h14H,4-13H2,1-3H3. The van der Waals surface area contributed by atoms with Gasteiger partial charge in [0, 0.05) is 19.6 Å². The molecule has 0 amide bonds. The molecule has 0 atom stereocenters. The average Bonchev–Trinajstić information content (AvgIpc) is 2.29. The fourth-order valence-corrected chi connectivity index (χ4v) is 2.41. The zero-order valence-electron chi connectivity index (χ0n) is 12.0. The van der Waals surface area contributed by atoms with E-state index in [0.29, 0.717) is 0 Å². The Bertz CT molecular complexity index is 179. The first-order chi connectivity index (χ1) is 8.18. The lowest BCUT2D eigenvalue weighted by Crippen LogP contribution is -2.33. The summed E-state index contributed by atoms with van der Waals surface area (Å²) in [5.74, 6) is 0.744. The minimum absolute atomic E-state index is 0.744. The molecule has 3 heteroatoms. The molecule has 0 N–H and O–H groups in total. The molecule has 1 saturated heterocycles. The number of nitrogens with zero attached hydrogens (tertiary/aromatic N) is 2. The third kappa shape index (κ3) is 7.74. The van der Waals surface area contributed by atoms with E-state index in [1.54, 1.807) is 0 Å². The quantitative estimate of drug-likeness (QED) is 0.606. The molecular formula is C14H30N2O. The maximum Gasteiger partial charge on any atom is 0.0594 e. The Morgan fingerprint density at radius 1 is 1.12 bits per heavy atom. The summed E-state index contributed by atoms with van der Waals surface area (Å²) in [6.07, 6.45) is 4.16. The molecule has 1 aliphatic rings. The van der Waals surface area contributed by atoms with E-state index in [1.165, 1.54) is 32.4 Å². The van der Waals surface area contributed by atoms with Crippen LogP contribution in [0.4, 0.5) is 0 Å². The van der Waals surface area contributed by atoms with Gasteiger partial charge in [0.2, 0.25) is 0 Å². The maximum absolute atomic E-state index is 5.71. The lowest BCUT2D eigenvalue weighted by molar-refractivity contribution is 0.0811. The van der Waals surface area contributed by atoms with Crippen molar-refractivity contribution >= 4 is 0 Å². The Morgan fingerprint density at radius 2 is 1.82 bits per heavy atom. The minimum atomic E-state index is 0.744. The first-order valence-corrected chi connectivity index (χ1v) is 7.17. The summed E-state index contributed by atoms with van der Waals surface area (Å²) < 4.78 is 5.71. The van der Waals surface area contributed by atoms with Gasteiger partial charge >= 0.3 is 0 Å². The molecule has 1 aliphatic heterocycles. The highest BCUT2D eigenvalue weighted by Crippen LogP contribution is 2.07. The van der Waals surface area contributed by atoms with Crippen molar-refractivity contribution in [1.29, 1.82) is 0 Å². The third-order valence-electron chi connectivity index (χ3n) is 3.29. The van der Waals surface area contributed by atoms with Crippen molar-refractivity contribution in [2.75, 3.05) is 53.0 Å². The smallest absolute Gasteiger partial charge is 0.0594 e. The van der Waals surface area contributed by atoms with E-state index in [9.17, 15) is 0 Å². The zero-order chi connectivity index (χ0) is 12.5. The van der Waals surface area contributed by atoms with Crippen LogP contribution < -0.4 is 0 Å². The first-order valence-electron chi connectivity index (χ1n) is 7.17. The summed E-state index contributed by atoms with van der Waals surface area (Å²) in [6.45, 7) is 12.2. The molecule has 0 bridgehead atoms. The number of ether oxygens (including phenoxy) is 1. The Morgan fingerprint density at radius 3 is 2.47 bits per heavy atom. The summed E-state index contributed by atoms with van der Waals surface area (Å²) in [6, 6.07) is 0. The van der Waals surface area contributed by atoms with Gasteiger partial charge in [-0.2, -0.15) is 0 Å². The highest BCUT2D eigenvalue weighted by atomic mass is 16.5. The molecule has 0 aromatic carbocycles. The highest BCUT2D eigenvalue weighted by Gasteiger charge is 2.09. The van der Waals surface area contributed by atoms with Crippen LogP contribution in [0.2, 0.25) is 0 Å². The number of likely N-dealkylation sites (N-methyl/N-ethyl adjacent to an activating group) is 1. The van der Waals surface area contributed by atoms with Gasteiger partial charge in [-0.1, -0.05) is 20.3 Å². The largest absolute Gasteiger partial charge is 0.379 e. The summed E-state index contributed by atoms with van der Waals surface area (Å²) in [4.78, 5) is 4.88. The fraction of sp³-hybridized carbons (Fsp3) is 1.00. The molecule has 0 aliphatic carbocycles. The van der Waals surface area contributed by atoms with Crippen LogP contribution >= 0.6 is 0 Å². The minimum Gasteiger partial charge on any atom is -0.379 e. The lowest BCUT2D eigenvalue weighted by Gasteiger charge is -2.26. The second-order valence-corrected chi connectivity index (χ2v) is 5.67. The van der Waals surface area contributed by atoms with E-state index in [0.717, 1.165) is 38.8 Å². The Balaban J connectivity index is 1.89. The van der Waals surface area contributed by atoms with E-state index >= 15 is 0 Å². The first kappa shape index (κ1) is 14.9. The van der Waals surface area contributed by atoms with Crippen LogP contribution in [0.5, 0.6) is 0 Å². The van der Waals surface area contributed by atoms with Gasteiger partial charge in [-0.05, 0) is 38.9 Å². The van der Waals surface area contributed by atoms with E-state index in [4.69, 9.17) is 4.74 Å². The van der Waals surface area contributed by atoms with Crippen LogP contribution in [0.3, 0.4) is 0 Å². The molecule has 1 fully saturated rings. The molecular weight excluding hydrogens is 212 g/mol. The molecule has 0 spiro atoms. The Labute approximate surface area is 107 Å².